The van der Waals surface area contributed by atoms with Crippen LogP contribution in [0.5, 0.6) is 11.5 Å². The second-order valence-corrected chi connectivity index (χ2v) is 10.8. The molecule has 1 aromatic heterocycles. The number of fused-ring (bicyclic) bond motifs is 1. The van der Waals surface area contributed by atoms with Crippen molar-refractivity contribution < 1.29 is 33.7 Å². The molecule has 3 aromatic carbocycles. The fourth-order valence-corrected chi connectivity index (χ4v) is 5.29. The van der Waals surface area contributed by atoms with Gasteiger partial charge in [0, 0.05) is 23.0 Å². The van der Waals surface area contributed by atoms with Crippen LogP contribution in [0.15, 0.2) is 72.8 Å². The summed E-state index contributed by atoms with van der Waals surface area (Å²) < 4.78 is 18.4. The van der Waals surface area contributed by atoms with Gasteiger partial charge in [-0.15, -0.1) is 0 Å². The maximum absolute atomic E-state index is 13.5. The number of aliphatic carboxylic acids is 1. The Labute approximate surface area is 263 Å². The zero-order valence-electron chi connectivity index (χ0n) is 26.0. The van der Waals surface area contributed by atoms with Gasteiger partial charge in [0.25, 0.3) is 5.91 Å². The average molecular weight is 616 g/mol. The fraction of sp³-hybridized carbons (Fsp3) is 0.343. The predicted octanol–water partition coefficient (Wildman–Crippen LogP) is 4.90. The molecule has 0 aliphatic carbocycles. The second-order valence-electron chi connectivity index (χ2n) is 10.8. The van der Waals surface area contributed by atoms with Crippen molar-refractivity contribution in [3.63, 3.8) is 0 Å². The quantitative estimate of drug-likeness (QED) is 0.144. The second kappa shape index (κ2) is 16.3. The van der Waals surface area contributed by atoms with Crippen LogP contribution in [-0.2, 0) is 33.9 Å². The van der Waals surface area contributed by atoms with E-state index in [1.165, 1.54) is 4.57 Å². The molecule has 45 heavy (non-hydrogen) atoms. The van der Waals surface area contributed by atoms with E-state index in [1.807, 2.05) is 61.5 Å². The number of benzene rings is 3. The Hall–Kier alpha value is -4.83. The maximum atomic E-state index is 13.5. The molecule has 0 fully saturated rings. The highest BCUT2D eigenvalue weighted by atomic mass is 16.5. The van der Waals surface area contributed by atoms with Gasteiger partial charge in [-0.25, -0.2) is 0 Å². The van der Waals surface area contributed by atoms with Crippen LogP contribution in [-0.4, -0.2) is 60.9 Å². The number of aryl methyl sites for hydroxylation is 1. The number of ether oxygens (including phenoxy) is 3. The fourth-order valence-electron chi connectivity index (χ4n) is 5.29. The number of para-hydroxylation sites is 1. The zero-order valence-corrected chi connectivity index (χ0v) is 26.0. The first-order valence-corrected chi connectivity index (χ1v) is 15.0. The number of nitrogens with one attached hydrogen (secondary N) is 2. The van der Waals surface area contributed by atoms with Gasteiger partial charge in [0.05, 0.1) is 27.4 Å². The largest absolute Gasteiger partial charge is 0.496 e. The average Bonchev–Trinajstić information content (AvgIpc) is 3.40. The number of carboxylic acids is 1. The van der Waals surface area contributed by atoms with E-state index < -0.39 is 24.5 Å². The SMILES string of the molecule is COc1cc(C)cc(OC)c1CCCCCNC(=O)[C@@H](COCc1ccccc1)NC(=O)c1cc2ccccc2n1CC(=O)O. The molecular formula is C35H41N3O7. The topological polar surface area (TPSA) is 128 Å². The highest BCUT2D eigenvalue weighted by Crippen LogP contribution is 2.31. The Morgan fingerprint density at radius 2 is 1.58 bits per heavy atom. The molecule has 4 aromatic rings. The van der Waals surface area contributed by atoms with Crippen molar-refractivity contribution in [1.29, 1.82) is 0 Å². The van der Waals surface area contributed by atoms with Crippen LogP contribution in [0.3, 0.4) is 0 Å². The molecule has 0 spiro atoms. The molecular weight excluding hydrogens is 574 g/mol. The number of aromatic nitrogens is 1. The Morgan fingerprint density at radius 3 is 2.27 bits per heavy atom. The molecule has 2 amide bonds. The molecule has 0 bridgehead atoms. The molecule has 238 valence electrons. The summed E-state index contributed by atoms with van der Waals surface area (Å²) in [7, 11) is 3.30. The van der Waals surface area contributed by atoms with Crippen LogP contribution in [0.2, 0.25) is 0 Å². The molecule has 4 rings (SSSR count). The molecule has 0 saturated heterocycles. The smallest absolute Gasteiger partial charge is 0.323 e. The van der Waals surface area contributed by atoms with Gasteiger partial charge in [-0.1, -0.05) is 55.0 Å². The van der Waals surface area contributed by atoms with E-state index in [2.05, 4.69) is 10.6 Å². The number of amides is 2. The number of hydrogen-bond donors (Lipinski definition) is 3. The summed E-state index contributed by atoms with van der Waals surface area (Å²) in [6.45, 7) is 2.24. The minimum Gasteiger partial charge on any atom is -0.496 e. The summed E-state index contributed by atoms with van der Waals surface area (Å²) in [6.07, 6.45) is 3.25. The van der Waals surface area contributed by atoms with Crippen LogP contribution in [0.1, 0.15) is 46.4 Å². The normalized spacial score (nSPS) is 11.6. The first-order valence-electron chi connectivity index (χ1n) is 15.0. The third kappa shape index (κ3) is 9.09. The van der Waals surface area contributed by atoms with E-state index in [-0.39, 0.29) is 24.8 Å². The lowest BCUT2D eigenvalue weighted by Gasteiger charge is -2.19. The van der Waals surface area contributed by atoms with Crippen molar-refractivity contribution in [2.24, 2.45) is 0 Å². The zero-order chi connectivity index (χ0) is 32.2. The van der Waals surface area contributed by atoms with E-state index in [9.17, 15) is 19.5 Å². The van der Waals surface area contributed by atoms with Crippen LogP contribution in [0.25, 0.3) is 10.9 Å². The highest BCUT2D eigenvalue weighted by molar-refractivity contribution is 6.01. The lowest BCUT2D eigenvalue weighted by atomic mass is 10.0. The van der Waals surface area contributed by atoms with E-state index in [0.717, 1.165) is 59.3 Å². The summed E-state index contributed by atoms with van der Waals surface area (Å²) in [5, 5.41) is 15.9. The number of nitrogens with zero attached hydrogens (tertiary/aromatic N) is 1. The van der Waals surface area contributed by atoms with Gasteiger partial charge in [-0.05, 0) is 61.6 Å². The third-order valence-electron chi connectivity index (χ3n) is 7.51. The van der Waals surface area contributed by atoms with Crippen molar-refractivity contribution in [1.82, 2.24) is 15.2 Å². The molecule has 0 aliphatic rings. The van der Waals surface area contributed by atoms with Crippen LogP contribution < -0.4 is 20.1 Å². The predicted molar refractivity (Wildman–Crippen MR) is 172 cm³/mol. The van der Waals surface area contributed by atoms with Crippen molar-refractivity contribution >= 4 is 28.7 Å². The van der Waals surface area contributed by atoms with Crippen LogP contribution in [0.4, 0.5) is 0 Å². The molecule has 3 N–H and O–H groups in total. The van der Waals surface area contributed by atoms with E-state index in [4.69, 9.17) is 14.2 Å². The molecule has 10 heteroatoms. The van der Waals surface area contributed by atoms with Crippen LogP contribution in [0, 0.1) is 6.92 Å². The minimum atomic E-state index is -1.08. The molecule has 10 nitrogen and oxygen atoms in total. The summed E-state index contributed by atoms with van der Waals surface area (Å²) >= 11 is 0. The number of carbonyl (C=O) groups is 3. The van der Waals surface area contributed by atoms with Crippen molar-refractivity contribution in [2.45, 2.75) is 51.8 Å². The van der Waals surface area contributed by atoms with Crippen molar-refractivity contribution in [3.05, 3.63) is 95.2 Å². The van der Waals surface area contributed by atoms with Gasteiger partial charge in [-0.3, -0.25) is 14.4 Å². The van der Waals surface area contributed by atoms with Gasteiger partial charge in [-0.2, -0.15) is 0 Å². The monoisotopic (exact) mass is 615 g/mol. The van der Waals surface area contributed by atoms with Gasteiger partial charge in [0.1, 0.15) is 29.8 Å². The molecule has 0 aliphatic heterocycles. The van der Waals surface area contributed by atoms with Gasteiger partial charge in [0.2, 0.25) is 5.91 Å². The Kier molecular flexibility index (Phi) is 12.0. The minimum absolute atomic E-state index is 0.0569. The number of hydrogen-bond acceptors (Lipinski definition) is 6. The van der Waals surface area contributed by atoms with Gasteiger partial charge >= 0.3 is 5.97 Å². The van der Waals surface area contributed by atoms with Gasteiger partial charge < -0.3 is 34.5 Å². The summed E-state index contributed by atoms with van der Waals surface area (Å²) in [5.74, 6) is -0.408. The standard InChI is InChI=1S/C35H41N3O7/c1-24-18-31(43-2)27(32(19-24)44-3)15-8-5-11-17-36-34(41)28(23-45-22-25-12-6-4-7-13-25)37-35(42)30-20-26-14-9-10-16-29(26)38(30)21-33(39)40/h4,6-7,9-10,12-14,16,18-20,28H,5,8,11,15,17,21-23H2,1-3H3,(H,36,41)(H,37,42)(H,39,40)/t28-/m1/s1. The molecule has 0 saturated carbocycles. The van der Waals surface area contributed by atoms with E-state index in [1.54, 1.807) is 32.4 Å². The van der Waals surface area contributed by atoms with E-state index in [0.29, 0.717) is 12.1 Å². The Morgan fingerprint density at radius 1 is 0.889 bits per heavy atom. The first kappa shape index (κ1) is 33.1. The third-order valence-corrected chi connectivity index (χ3v) is 7.51. The summed E-state index contributed by atoms with van der Waals surface area (Å²) in [6, 6.07) is 21.3. The number of carboxylic acid groups (broad SMARTS) is 1. The highest BCUT2D eigenvalue weighted by Gasteiger charge is 2.25. The Bertz CT molecular complexity index is 1570. The van der Waals surface area contributed by atoms with E-state index >= 15 is 0 Å². The maximum Gasteiger partial charge on any atom is 0.323 e. The van der Waals surface area contributed by atoms with Crippen LogP contribution >= 0.6 is 0 Å². The number of unbranched alkanes of at least 4 members (excludes halogenated alkanes) is 2. The summed E-state index contributed by atoms with van der Waals surface area (Å²) in [5.41, 5.74) is 3.79. The van der Waals surface area contributed by atoms with Crippen molar-refractivity contribution in [2.75, 3.05) is 27.4 Å². The number of carbonyl (C=O) groups excluding carboxylic acids is 2. The van der Waals surface area contributed by atoms with Gasteiger partial charge in [0.15, 0.2) is 0 Å². The first-order chi connectivity index (χ1) is 21.8. The Balaban J connectivity index is 1.37. The van der Waals surface area contributed by atoms with Crippen molar-refractivity contribution in [3.8, 4) is 11.5 Å². The molecule has 1 atom stereocenters. The molecule has 0 radical (unpaired) electrons. The number of methoxy groups -OCH3 is 2. The molecule has 0 unspecified atom stereocenters. The number of rotatable bonds is 17. The lowest BCUT2D eigenvalue weighted by Crippen LogP contribution is -2.50. The summed E-state index contributed by atoms with van der Waals surface area (Å²) in [4.78, 5) is 38.4. The molecule has 1 heterocycles. The lowest BCUT2D eigenvalue weighted by molar-refractivity contribution is -0.137.